The van der Waals surface area contributed by atoms with E-state index in [4.69, 9.17) is 9.97 Å². The molecule has 0 N–H and O–H groups in total. The van der Waals surface area contributed by atoms with Gasteiger partial charge in [0.2, 0.25) is 0 Å². The van der Waals surface area contributed by atoms with Gasteiger partial charge in [0.05, 0.1) is 34.2 Å². The Bertz CT molecular complexity index is 3380. The van der Waals surface area contributed by atoms with Crippen LogP contribution in [0.5, 0.6) is 0 Å². The van der Waals surface area contributed by atoms with Gasteiger partial charge in [-0.3, -0.25) is 0 Å². The van der Waals surface area contributed by atoms with Crippen LogP contribution >= 0.6 is 0 Å². The first-order chi connectivity index (χ1) is 35.2. The number of nitrogens with zero attached hydrogens (tertiary/aromatic N) is 3. The van der Waals surface area contributed by atoms with Gasteiger partial charge in [-0.05, 0) is 87.0 Å². The average molecular weight is 906 g/mol. The van der Waals surface area contributed by atoms with E-state index in [1.165, 1.54) is 0 Å². The summed E-state index contributed by atoms with van der Waals surface area (Å²) in [5, 5.41) is 0. The average Bonchev–Trinajstić information content (AvgIpc) is 3.83. The standard InChI is InChI=1S/C68H47N3/c1-9-25-48(26-10-1)61-44-58(45-62(69-61)49-27-11-2-12-28-49)56-41-57(59-46-63(50-29-13-3-14-30-50)70-64(47-59)51-31-15-4-16-32-51)43-60(42-56)71-67(54-37-21-7-22-38-54)65(52-33-17-5-18-34-52)66(53-35-19-6-20-36-53)68(71)55-39-23-8-24-40-55/h1-47H. The molecule has 0 atom stereocenters. The molecule has 9 aromatic carbocycles. The van der Waals surface area contributed by atoms with Crippen LogP contribution in [-0.2, 0) is 0 Å². The van der Waals surface area contributed by atoms with E-state index < -0.39 is 0 Å². The van der Waals surface area contributed by atoms with Gasteiger partial charge in [0, 0.05) is 39.1 Å². The van der Waals surface area contributed by atoms with Crippen molar-refractivity contribution >= 4 is 0 Å². The van der Waals surface area contributed by atoms with Crippen LogP contribution in [0.3, 0.4) is 0 Å². The maximum Gasteiger partial charge on any atom is 0.0715 e. The molecule has 0 saturated heterocycles. The molecule has 334 valence electrons. The van der Waals surface area contributed by atoms with Crippen molar-refractivity contribution in [3.8, 4) is 118 Å². The summed E-state index contributed by atoms with van der Waals surface area (Å²) >= 11 is 0. The summed E-state index contributed by atoms with van der Waals surface area (Å²) < 4.78 is 2.52. The molecule has 0 aliphatic carbocycles. The minimum absolute atomic E-state index is 0.907. The highest BCUT2D eigenvalue weighted by Crippen LogP contribution is 2.51. The Hall–Kier alpha value is -9.44. The number of pyridine rings is 2. The third-order valence-corrected chi connectivity index (χ3v) is 13.2. The minimum atomic E-state index is 0.907. The highest BCUT2D eigenvalue weighted by atomic mass is 15.0. The predicted molar refractivity (Wildman–Crippen MR) is 296 cm³/mol. The fourth-order valence-electron chi connectivity index (χ4n) is 9.84. The van der Waals surface area contributed by atoms with E-state index in [2.05, 4.69) is 290 Å². The van der Waals surface area contributed by atoms with E-state index in [-0.39, 0.29) is 0 Å². The minimum Gasteiger partial charge on any atom is -0.308 e. The summed E-state index contributed by atoms with van der Waals surface area (Å²) in [5.41, 5.74) is 22.1. The van der Waals surface area contributed by atoms with Crippen LogP contribution in [0.1, 0.15) is 0 Å². The zero-order valence-electron chi connectivity index (χ0n) is 39.0. The van der Waals surface area contributed by atoms with Crippen molar-refractivity contribution in [3.05, 3.63) is 285 Å². The van der Waals surface area contributed by atoms with Gasteiger partial charge in [0.25, 0.3) is 0 Å². The third kappa shape index (κ3) is 8.69. The van der Waals surface area contributed by atoms with E-state index in [0.29, 0.717) is 0 Å². The second kappa shape index (κ2) is 19.3. The van der Waals surface area contributed by atoms with Crippen LogP contribution in [0.2, 0.25) is 0 Å². The number of hydrogen-bond donors (Lipinski definition) is 0. The monoisotopic (exact) mass is 905 g/mol. The molecule has 12 rings (SSSR count). The summed E-state index contributed by atoms with van der Waals surface area (Å²) in [6.07, 6.45) is 0. The van der Waals surface area contributed by atoms with E-state index in [1.54, 1.807) is 0 Å². The van der Waals surface area contributed by atoms with Crippen LogP contribution < -0.4 is 0 Å². The quantitative estimate of drug-likeness (QED) is 0.129. The maximum absolute atomic E-state index is 5.33. The Morgan fingerprint density at radius 2 is 0.423 bits per heavy atom. The van der Waals surface area contributed by atoms with Gasteiger partial charge < -0.3 is 4.57 Å². The summed E-state index contributed by atoms with van der Waals surface area (Å²) in [4.78, 5) is 10.7. The molecule has 0 saturated carbocycles. The first kappa shape index (κ1) is 42.9. The van der Waals surface area contributed by atoms with Gasteiger partial charge in [0.1, 0.15) is 0 Å². The lowest BCUT2D eigenvalue weighted by atomic mass is 9.91. The molecule has 71 heavy (non-hydrogen) atoms. The molecule has 3 aromatic heterocycles. The number of rotatable bonds is 11. The van der Waals surface area contributed by atoms with E-state index in [0.717, 1.165) is 118 Å². The van der Waals surface area contributed by atoms with Crippen molar-refractivity contribution in [3.63, 3.8) is 0 Å². The molecule has 0 fully saturated rings. The van der Waals surface area contributed by atoms with E-state index >= 15 is 0 Å². The molecule has 3 nitrogen and oxygen atoms in total. The van der Waals surface area contributed by atoms with Crippen molar-refractivity contribution in [2.75, 3.05) is 0 Å². The molecule has 0 aliphatic rings. The summed E-state index contributed by atoms with van der Waals surface area (Å²) in [6.45, 7) is 0. The highest BCUT2D eigenvalue weighted by molar-refractivity contribution is 6.03. The molecular weight excluding hydrogens is 859 g/mol. The Balaban J connectivity index is 1.23. The second-order valence-corrected chi connectivity index (χ2v) is 17.7. The summed E-state index contributed by atoms with van der Waals surface area (Å²) in [7, 11) is 0. The molecule has 0 unspecified atom stereocenters. The van der Waals surface area contributed by atoms with Crippen LogP contribution in [-0.4, -0.2) is 14.5 Å². The molecule has 0 spiro atoms. The van der Waals surface area contributed by atoms with Crippen LogP contribution in [0, 0.1) is 0 Å². The van der Waals surface area contributed by atoms with Gasteiger partial charge in [-0.25, -0.2) is 9.97 Å². The topological polar surface area (TPSA) is 30.7 Å². The first-order valence-electron chi connectivity index (χ1n) is 24.1. The van der Waals surface area contributed by atoms with Gasteiger partial charge >= 0.3 is 0 Å². The molecule has 0 amide bonds. The molecule has 0 bridgehead atoms. The number of benzene rings is 9. The van der Waals surface area contributed by atoms with Gasteiger partial charge in [0.15, 0.2) is 0 Å². The van der Waals surface area contributed by atoms with E-state index in [1.807, 2.05) is 0 Å². The van der Waals surface area contributed by atoms with Gasteiger partial charge in [-0.1, -0.05) is 243 Å². The molecule has 3 heterocycles. The molecular formula is C68H47N3. The predicted octanol–water partition coefficient (Wildman–Crippen LogP) is 17.9. The van der Waals surface area contributed by atoms with Crippen LogP contribution in [0.4, 0.5) is 0 Å². The lowest BCUT2D eigenvalue weighted by Crippen LogP contribution is -2.02. The Kier molecular flexibility index (Phi) is 11.6. The highest BCUT2D eigenvalue weighted by Gasteiger charge is 2.29. The maximum atomic E-state index is 5.33. The Morgan fingerprint density at radius 3 is 0.690 bits per heavy atom. The zero-order chi connectivity index (χ0) is 47.3. The molecule has 3 heteroatoms. The SMILES string of the molecule is c1ccc(-c2cc(-c3cc(-c4cc(-c5ccccc5)nc(-c5ccccc5)c4)cc(-n4c(-c5ccccc5)c(-c5ccccc5)c(-c5ccccc5)c4-c4ccccc4)c3)cc(-c3ccccc3)n2)cc1. The lowest BCUT2D eigenvalue weighted by Gasteiger charge is -2.20. The normalized spacial score (nSPS) is 11.1. The van der Waals surface area contributed by atoms with Crippen molar-refractivity contribution in [1.82, 2.24) is 14.5 Å². The largest absolute Gasteiger partial charge is 0.308 e. The van der Waals surface area contributed by atoms with Crippen molar-refractivity contribution in [2.45, 2.75) is 0 Å². The smallest absolute Gasteiger partial charge is 0.0715 e. The fourth-order valence-corrected chi connectivity index (χ4v) is 9.84. The van der Waals surface area contributed by atoms with Crippen molar-refractivity contribution < 1.29 is 0 Å². The van der Waals surface area contributed by atoms with Crippen molar-refractivity contribution in [2.24, 2.45) is 0 Å². The van der Waals surface area contributed by atoms with E-state index in [9.17, 15) is 0 Å². The fraction of sp³-hybridized carbons (Fsp3) is 0. The third-order valence-electron chi connectivity index (χ3n) is 13.2. The summed E-state index contributed by atoms with van der Waals surface area (Å²) in [5.74, 6) is 0. The first-order valence-corrected chi connectivity index (χ1v) is 24.1. The number of aromatic nitrogens is 3. The summed E-state index contributed by atoms with van der Waals surface area (Å²) in [6, 6.07) is 102. The Morgan fingerprint density at radius 1 is 0.197 bits per heavy atom. The zero-order valence-corrected chi connectivity index (χ0v) is 39.0. The van der Waals surface area contributed by atoms with Crippen molar-refractivity contribution in [1.29, 1.82) is 0 Å². The molecule has 0 aliphatic heterocycles. The molecule has 12 aromatic rings. The number of hydrogen-bond acceptors (Lipinski definition) is 2. The lowest BCUT2D eigenvalue weighted by molar-refractivity contribution is 1.10. The van der Waals surface area contributed by atoms with Gasteiger partial charge in [-0.2, -0.15) is 0 Å². The molecule has 0 radical (unpaired) electrons. The van der Waals surface area contributed by atoms with Crippen LogP contribution in [0.15, 0.2) is 285 Å². The van der Waals surface area contributed by atoms with Crippen LogP contribution in [0.25, 0.3) is 118 Å². The second-order valence-electron chi connectivity index (χ2n) is 17.7. The van der Waals surface area contributed by atoms with Gasteiger partial charge in [-0.15, -0.1) is 0 Å². The Labute approximate surface area is 415 Å².